The molecule has 1 N–H and O–H groups in total. The largest absolute Gasteiger partial charge is 0.434 e. The average Bonchev–Trinajstić information content (AvgIpc) is 3.08. The second kappa shape index (κ2) is 7.22. The normalized spacial score (nSPS) is 16.3. The van der Waals surface area contributed by atoms with E-state index in [1.165, 1.54) is 12.8 Å². The first-order chi connectivity index (χ1) is 9.98. The van der Waals surface area contributed by atoms with Crippen LogP contribution < -0.4 is 5.32 Å². The van der Waals surface area contributed by atoms with Crippen LogP contribution in [-0.4, -0.2) is 42.0 Å². The third-order valence-electron chi connectivity index (χ3n) is 3.43. The minimum atomic E-state index is -4.58. The van der Waals surface area contributed by atoms with E-state index in [2.05, 4.69) is 15.2 Å². The predicted molar refractivity (Wildman–Crippen MR) is 74.4 cm³/mol. The lowest BCUT2D eigenvalue weighted by Gasteiger charge is -2.14. The fourth-order valence-electron chi connectivity index (χ4n) is 2.36. The SMILES string of the molecule is O=C(NCCCCN1CCCC1)c1scnc1C(F)(F)F. The Hall–Kier alpha value is -1.15. The molecule has 0 unspecified atom stereocenters. The van der Waals surface area contributed by atoms with Crippen molar-refractivity contribution in [1.82, 2.24) is 15.2 Å². The first-order valence-electron chi connectivity index (χ1n) is 6.99. The third-order valence-corrected chi connectivity index (χ3v) is 4.25. The van der Waals surface area contributed by atoms with Crippen molar-refractivity contribution in [2.75, 3.05) is 26.2 Å². The Morgan fingerprint density at radius 2 is 2.05 bits per heavy atom. The van der Waals surface area contributed by atoms with E-state index in [1.54, 1.807) is 0 Å². The number of nitrogens with one attached hydrogen (secondary N) is 1. The molecule has 0 radical (unpaired) electrons. The second-order valence-corrected chi connectivity index (χ2v) is 5.89. The lowest BCUT2D eigenvalue weighted by atomic mass is 10.3. The van der Waals surface area contributed by atoms with Gasteiger partial charge in [0.15, 0.2) is 5.69 Å². The monoisotopic (exact) mass is 321 g/mol. The van der Waals surface area contributed by atoms with Crippen LogP contribution in [0.3, 0.4) is 0 Å². The van der Waals surface area contributed by atoms with Gasteiger partial charge in [-0.25, -0.2) is 4.98 Å². The minimum Gasteiger partial charge on any atom is -0.351 e. The van der Waals surface area contributed by atoms with Gasteiger partial charge in [-0.2, -0.15) is 13.2 Å². The molecule has 0 aliphatic carbocycles. The molecule has 0 spiro atoms. The van der Waals surface area contributed by atoms with E-state index in [1.807, 2.05) is 0 Å². The highest BCUT2D eigenvalue weighted by Crippen LogP contribution is 2.32. The Labute approximate surface area is 125 Å². The molecule has 1 saturated heterocycles. The highest BCUT2D eigenvalue weighted by atomic mass is 32.1. The van der Waals surface area contributed by atoms with Crippen LogP contribution in [0.4, 0.5) is 13.2 Å². The number of carbonyl (C=O) groups excluding carboxylic acids is 1. The number of halogens is 3. The van der Waals surface area contributed by atoms with Gasteiger partial charge in [0.05, 0.1) is 5.51 Å². The van der Waals surface area contributed by atoms with Gasteiger partial charge in [-0.15, -0.1) is 11.3 Å². The molecule has 2 rings (SSSR count). The number of unbranched alkanes of at least 4 members (excludes halogenated alkanes) is 1. The van der Waals surface area contributed by atoms with Crippen LogP contribution in [0.25, 0.3) is 0 Å². The number of alkyl halides is 3. The van der Waals surface area contributed by atoms with Gasteiger partial charge in [0, 0.05) is 6.54 Å². The molecule has 1 aromatic rings. The summed E-state index contributed by atoms with van der Waals surface area (Å²) in [5.74, 6) is -0.689. The highest BCUT2D eigenvalue weighted by Gasteiger charge is 2.38. The fraction of sp³-hybridized carbons (Fsp3) is 0.692. The van der Waals surface area contributed by atoms with E-state index < -0.39 is 17.8 Å². The number of hydrogen-bond donors (Lipinski definition) is 1. The van der Waals surface area contributed by atoms with Crippen LogP contribution in [0.15, 0.2) is 5.51 Å². The number of likely N-dealkylation sites (tertiary alicyclic amines) is 1. The molecule has 1 aromatic heterocycles. The van der Waals surface area contributed by atoms with Gasteiger partial charge in [0.25, 0.3) is 5.91 Å². The van der Waals surface area contributed by atoms with Crippen molar-refractivity contribution in [1.29, 1.82) is 0 Å². The Morgan fingerprint density at radius 1 is 1.33 bits per heavy atom. The van der Waals surface area contributed by atoms with Crippen molar-refractivity contribution in [2.24, 2.45) is 0 Å². The standard InChI is InChI=1S/C13H18F3N3OS/c14-13(15,16)11-10(21-9-18-11)12(20)17-5-1-2-6-19-7-3-4-8-19/h9H,1-8H2,(H,17,20). The number of thiazole rings is 1. The molecule has 0 saturated carbocycles. The number of aromatic nitrogens is 1. The van der Waals surface area contributed by atoms with E-state index >= 15 is 0 Å². The molecule has 1 amide bonds. The van der Waals surface area contributed by atoms with Crippen molar-refractivity contribution >= 4 is 17.2 Å². The summed E-state index contributed by atoms with van der Waals surface area (Å²) in [7, 11) is 0. The van der Waals surface area contributed by atoms with Crippen molar-refractivity contribution in [3.63, 3.8) is 0 Å². The maximum Gasteiger partial charge on any atom is 0.434 e. The van der Waals surface area contributed by atoms with Gasteiger partial charge in [0.2, 0.25) is 0 Å². The number of amides is 1. The average molecular weight is 321 g/mol. The summed E-state index contributed by atoms with van der Waals surface area (Å²) in [5.41, 5.74) is -0.0486. The molecular formula is C13H18F3N3OS. The first-order valence-corrected chi connectivity index (χ1v) is 7.87. The van der Waals surface area contributed by atoms with Crippen LogP contribution in [-0.2, 0) is 6.18 Å². The molecule has 1 fully saturated rings. The third kappa shape index (κ3) is 4.67. The molecule has 4 nitrogen and oxygen atoms in total. The van der Waals surface area contributed by atoms with Gasteiger partial charge in [-0.3, -0.25) is 4.79 Å². The molecule has 0 aromatic carbocycles. The predicted octanol–water partition coefficient (Wildman–Crippen LogP) is 2.77. The summed E-state index contributed by atoms with van der Waals surface area (Å²) < 4.78 is 37.8. The van der Waals surface area contributed by atoms with E-state index in [9.17, 15) is 18.0 Å². The molecule has 0 bridgehead atoms. The Kier molecular flexibility index (Phi) is 5.58. The van der Waals surface area contributed by atoms with E-state index in [0.29, 0.717) is 6.54 Å². The molecule has 1 aliphatic heterocycles. The summed E-state index contributed by atoms with van der Waals surface area (Å²) in [6.07, 6.45) is -0.398. The second-order valence-electron chi connectivity index (χ2n) is 5.04. The van der Waals surface area contributed by atoms with E-state index in [-0.39, 0.29) is 4.88 Å². The van der Waals surface area contributed by atoms with Crippen LogP contribution in [0.5, 0.6) is 0 Å². The quantitative estimate of drug-likeness (QED) is 0.820. The van der Waals surface area contributed by atoms with Crippen molar-refractivity contribution in [3.05, 3.63) is 16.1 Å². The van der Waals surface area contributed by atoms with Crippen LogP contribution in [0, 0.1) is 0 Å². The number of rotatable bonds is 6. The summed E-state index contributed by atoms with van der Waals surface area (Å²) in [5, 5.41) is 2.54. The van der Waals surface area contributed by atoms with Gasteiger partial charge in [-0.05, 0) is 45.3 Å². The smallest absolute Gasteiger partial charge is 0.351 e. The Morgan fingerprint density at radius 3 is 2.71 bits per heavy atom. The van der Waals surface area contributed by atoms with Gasteiger partial charge < -0.3 is 10.2 Å². The molecule has 21 heavy (non-hydrogen) atoms. The number of hydrogen-bond acceptors (Lipinski definition) is 4. The summed E-state index contributed by atoms with van der Waals surface area (Å²) in [6.45, 7) is 3.64. The van der Waals surface area contributed by atoms with Gasteiger partial charge in [-0.1, -0.05) is 0 Å². The van der Waals surface area contributed by atoms with E-state index in [0.717, 1.165) is 49.3 Å². The molecular weight excluding hydrogens is 303 g/mol. The van der Waals surface area contributed by atoms with Crippen LogP contribution >= 0.6 is 11.3 Å². The number of nitrogens with zero attached hydrogens (tertiary/aromatic N) is 2. The topological polar surface area (TPSA) is 45.2 Å². The Balaban J connectivity index is 1.71. The van der Waals surface area contributed by atoms with Gasteiger partial charge >= 0.3 is 6.18 Å². The molecule has 118 valence electrons. The van der Waals surface area contributed by atoms with Crippen molar-refractivity contribution in [3.8, 4) is 0 Å². The lowest BCUT2D eigenvalue weighted by molar-refractivity contribution is -0.141. The summed E-state index contributed by atoms with van der Waals surface area (Å²) >= 11 is 0.717. The van der Waals surface area contributed by atoms with E-state index in [4.69, 9.17) is 0 Å². The number of carbonyl (C=O) groups is 1. The zero-order valence-electron chi connectivity index (χ0n) is 11.6. The minimum absolute atomic E-state index is 0.359. The lowest BCUT2D eigenvalue weighted by Crippen LogP contribution is -2.27. The van der Waals surface area contributed by atoms with Crippen molar-refractivity contribution < 1.29 is 18.0 Å². The first kappa shape index (κ1) is 16.2. The Bertz CT molecular complexity index is 469. The molecule has 0 atom stereocenters. The molecule has 2 heterocycles. The summed E-state index contributed by atoms with van der Waals surface area (Å²) in [6, 6.07) is 0. The molecule has 8 heteroatoms. The van der Waals surface area contributed by atoms with Crippen LogP contribution in [0.1, 0.15) is 41.0 Å². The zero-order valence-corrected chi connectivity index (χ0v) is 12.4. The zero-order chi connectivity index (χ0) is 15.3. The fourth-order valence-corrected chi connectivity index (χ4v) is 3.08. The van der Waals surface area contributed by atoms with Crippen LogP contribution in [0.2, 0.25) is 0 Å². The summed E-state index contributed by atoms with van der Waals surface area (Å²) in [4.78, 5) is 17.0. The van der Waals surface area contributed by atoms with Crippen molar-refractivity contribution in [2.45, 2.75) is 31.9 Å². The molecule has 1 aliphatic rings. The van der Waals surface area contributed by atoms with Gasteiger partial charge in [0.1, 0.15) is 4.88 Å². The maximum atomic E-state index is 12.6. The maximum absolute atomic E-state index is 12.6. The highest BCUT2D eigenvalue weighted by molar-refractivity contribution is 7.11.